The number of aromatic nitrogens is 1. The van der Waals surface area contributed by atoms with Gasteiger partial charge in [0.1, 0.15) is 11.8 Å². The molecule has 1 aromatic heterocycles. The Bertz CT molecular complexity index is 1130. The molecule has 6 heteroatoms. The highest BCUT2D eigenvalue weighted by atomic mass is 32.1. The second-order valence-corrected chi connectivity index (χ2v) is 7.75. The van der Waals surface area contributed by atoms with E-state index < -0.39 is 0 Å². The van der Waals surface area contributed by atoms with Crippen LogP contribution in [0.15, 0.2) is 61.2 Å². The fraction of sp³-hybridized carbons (Fsp3) is 0.217. The van der Waals surface area contributed by atoms with Crippen molar-refractivity contribution < 1.29 is 9.53 Å². The molecular formula is C23H21N3O2S. The van der Waals surface area contributed by atoms with Crippen LogP contribution in [0.1, 0.15) is 22.9 Å². The molecule has 1 saturated heterocycles. The van der Waals surface area contributed by atoms with Crippen molar-refractivity contribution in [1.82, 2.24) is 14.8 Å². The summed E-state index contributed by atoms with van der Waals surface area (Å²) >= 11 is 5.76. The summed E-state index contributed by atoms with van der Waals surface area (Å²) in [6.07, 6.45) is 2.36. The van der Waals surface area contributed by atoms with Crippen LogP contribution in [0.25, 0.3) is 10.9 Å². The van der Waals surface area contributed by atoms with Gasteiger partial charge in [0.05, 0.1) is 13.2 Å². The molecule has 0 aliphatic carbocycles. The van der Waals surface area contributed by atoms with Gasteiger partial charge < -0.3 is 14.6 Å². The van der Waals surface area contributed by atoms with E-state index in [1.165, 1.54) is 10.9 Å². The maximum absolute atomic E-state index is 13.2. The fourth-order valence-electron chi connectivity index (χ4n) is 4.56. The van der Waals surface area contributed by atoms with Crippen molar-refractivity contribution in [1.29, 1.82) is 0 Å². The molecule has 0 saturated carbocycles. The van der Waals surface area contributed by atoms with Gasteiger partial charge in [-0.05, 0) is 41.5 Å². The molecule has 146 valence electrons. The first-order chi connectivity index (χ1) is 14.1. The molecule has 5 rings (SSSR count). The molecule has 0 spiro atoms. The molecule has 2 aliphatic rings. The summed E-state index contributed by atoms with van der Waals surface area (Å²) in [6, 6.07) is 15.8. The SMILES string of the molecule is C=CCN1C(=O)[C@@H]2Cc3c([nH]c4ccccc34)[C@H](c3ccc(OC)cc3)N2C1=S. The smallest absolute Gasteiger partial charge is 0.252 e. The van der Waals surface area contributed by atoms with Crippen LogP contribution in [0.2, 0.25) is 0 Å². The second-order valence-electron chi connectivity index (χ2n) is 7.39. The number of methoxy groups -OCH3 is 1. The Morgan fingerprint density at radius 2 is 2.00 bits per heavy atom. The molecule has 0 unspecified atom stereocenters. The van der Waals surface area contributed by atoms with E-state index >= 15 is 0 Å². The van der Waals surface area contributed by atoms with E-state index in [1.54, 1.807) is 18.1 Å². The van der Waals surface area contributed by atoms with Crippen LogP contribution in [0.4, 0.5) is 0 Å². The average Bonchev–Trinajstić information content (AvgIpc) is 3.23. The molecule has 1 N–H and O–H groups in total. The highest BCUT2D eigenvalue weighted by Gasteiger charge is 2.50. The standard InChI is InChI=1S/C23H21N3O2S/c1-3-12-25-22(27)19-13-17-16-6-4-5-7-18(16)24-20(17)21(26(19)23(25)29)14-8-10-15(28-2)11-9-14/h3-11,19,21,24H,1,12-13H2,2H3/t19-,21-/m0/s1. The largest absolute Gasteiger partial charge is 0.497 e. The molecule has 2 aliphatic heterocycles. The number of aromatic amines is 1. The third-order valence-corrected chi connectivity index (χ3v) is 6.31. The van der Waals surface area contributed by atoms with Gasteiger partial charge in [-0.2, -0.15) is 0 Å². The van der Waals surface area contributed by atoms with Gasteiger partial charge in [-0.25, -0.2) is 0 Å². The lowest BCUT2D eigenvalue weighted by Crippen LogP contribution is -2.44. The van der Waals surface area contributed by atoms with Crippen molar-refractivity contribution in [3.8, 4) is 5.75 Å². The van der Waals surface area contributed by atoms with E-state index in [0.29, 0.717) is 18.1 Å². The maximum atomic E-state index is 13.2. The molecule has 1 fully saturated rings. The summed E-state index contributed by atoms with van der Waals surface area (Å²) < 4.78 is 5.33. The molecule has 2 atom stereocenters. The molecule has 0 radical (unpaired) electrons. The van der Waals surface area contributed by atoms with E-state index in [1.807, 2.05) is 36.4 Å². The van der Waals surface area contributed by atoms with E-state index in [-0.39, 0.29) is 18.0 Å². The number of H-pyrrole nitrogens is 1. The number of carbonyl (C=O) groups excluding carboxylic acids is 1. The lowest BCUT2D eigenvalue weighted by Gasteiger charge is -2.37. The highest BCUT2D eigenvalue weighted by molar-refractivity contribution is 7.80. The molecular weight excluding hydrogens is 382 g/mol. The van der Waals surface area contributed by atoms with Gasteiger partial charge in [-0.1, -0.05) is 36.4 Å². The minimum atomic E-state index is -0.304. The van der Waals surface area contributed by atoms with Crippen molar-refractivity contribution in [2.24, 2.45) is 0 Å². The number of thiocarbonyl (C=S) groups is 1. The summed E-state index contributed by atoms with van der Waals surface area (Å²) in [5.74, 6) is 0.843. The Balaban J connectivity index is 1.71. The normalized spacial score (nSPS) is 20.7. The first-order valence-corrected chi connectivity index (χ1v) is 10.0. The Hall–Kier alpha value is -3.12. The number of fused-ring (bicyclic) bond motifs is 4. The van der Waals surface area contributed by atoms with Gasteiger partial charge in [0.25, 0.3) is 5.91 Å². The van der Waals surface area contributed by atoms with E-state index in [4.69, 9.17) is 17.0 Å². The first kappa shape index (κ1) is 17.9. The predicted octanol–water partition coefficient (Wildman–Crippen LogP) is 3.81. The van der Waals surface area contributed by atoms with Gasteiger partial charge in [0.15, 0.2) is 5.11 Å². The van der Waals surface area contributed by atoms with Crippen molar-refractivity contribution in [2.45, 2.75) is 18.5 Å². The van der Waals surface area contributed by atoms with Crippen molar-refractivity contribution in [2.75, 3.05) is 13.7 Å². The molecule has 0 bridgehead atoms. The molecule has 1 amide bonds. The fourth-order valence-corrected chi connectivity index (χ4v) is 4.96. The van der Waals surface area contributed by atoms with Crippen molar-refractivity contribution >= 4 is 34.1 Å². The number of nitrogens with one attached hydrogen (secondary N) is 1. The summed E-state index contributed by atoms with van der Waals surface area (Å²) in [7, 11) is 1.66. The molecule has 3 heterocycles. The van der Waals surface area contributed by atoms with Gasteiger partial charge in [-0.3, -0.25) is 9.69 Å². The zero-order valence-electron chi connectivity index (χ0n) is 16.1. The zero-order chi connectivity index (χ0) is 20.1. The number of ether oxygens (including phenoxy) is 1. The van der Waals surface area contributed by atoms with Gasteiger partial charge in [-0.15, -0.1) is 6.58 Å². The molecule has 29 heavy (non-hydrogen) atoms. The lowest BCUT2D eigenvalue weighted by atomic mass is 9.89. The van der Waals surface area contributed by atoms with Crippen LogP contribution in [-0.2, 0) is 11.2 Å². The van der Waals surface area contributed by atoms with Crippen LogP contribution < -0.4 is 4.74 Å². The highest BCUT2D eigenvalue weighted by Crippen LogP contribution is 2.44. The second kappa shape index (κ2) is 6.74. The van der Waals surface area contributed by atoms with Crippen LogP contribution >= 0.6 is 12.2 Å². The average molecular weight is 404 g/mol. The minimum Gasteiger partial charge on any atom is -0.497 e. The first-order valence-electron chi connectivity index (χ1n) is 9.62. The van der Waals surface area contributed by atoms with Crippen LogP contribution in [-0.4, -0.2) is 45.5 Å². The number of rotatable bonds is 4. The topological polar surface area (TPSA) is 48.6 Å². The maximum Gasteiger partial charge on any atom is 0.252 e. The number of para-hydroxylation sites is 1. The van der Waals surface area contributed by atoms with Crippen LogP contribution in [0.3, 0.4) is 0 Å². The van der Waals surface area contributed by atoms with E-state index in [9.17, 15) is 4.79 Å². The number of amides is 1. The summed E-state index contributed by atoms with van der Waals surface area (Å²) in [6.45, 7) is 4.21. The van der Waals surface area contributed by atoms with E-state index in [0.717, 1.165) is 22.5 Å². The Kier molecular flexibility index (Phi) is 4.17. The number of hydrogen-bond acceptors (Lipinski definition) is 3. The number of carbonyl (C=O) groups is 1. The third-order valence-electron chi connectivity index (χ3n) is 5.88. The molecule has 5 nitrogen and oxygen atoms in total. The lowest BCUT2D eigenvalue weighted by molar-refractivity contribution is -0.128. The van der Waals surface area contributed by atoms with Crippen LogP contribution in [0.5, 0.6) is 5.75 Å². The number of nitrogens with zero attached hydrogens (tertiary/aromatic N) is 2. The minimum absolute atomic E-state index is 0.0457. The predicted molar refractivity (Wildman–Crippen MR) is 117 cm³/mol. The van der Waals surface area contributed by atoms with Crippen molar-refractivity contribution in [3.05, 3.63) is 78.0 Å². The summed E-state index contributed by atoms with van der Waals surface area (Å²) in [5, 5.41) is 1.73. The van der Waals surface area contributed by atoms with Gasteiger partial charge in [0.2, 0.25) is 0 Å². The van der Waals surface area contributed by atoms with Gasteiger partial charge in [0, 0.05) is 29.6 Å². The number of benzene rings is 2. The Labute approximate surface area is 174 Å². The zero-order valence-corrected chi connectivity index (χ0v) is 16.9. The third kappa shape index (κ3) is 2.59. The van der Waals surface area contributed by atoms with Gasteiger partial charge >= 0.3 is 0 Å². The summed E-state index contributed by atoms with van der Waals surface area (Å²) in [5.41, 5.74) is 4.44. The van der Waals surface area contributed by atoms with E-state index in [2.05, 4.69) is 28.6 Å². The molecule has 2 aromatic carbocycles. The summed E-state index contributed by atoms with van der Waals surface area (Å²) in [4.78, 5) is 20.6. The van der Waals surface area contributed by atoms with Crippen LogP contribution in [0, 0.1) is 0 Å². The Morgan fingerprint density at radius 1 is 1.24 bits per heavy atom. The van der Waals surface area contributed by atoms with Crippen molar-refractivity contribution in [3.63, 3.8) is 0 Å². The number of hydrogen-bond donors (Lipinski definition) is 1. The Morgan fingerprint density at radius 3 is 2.72 bits per heavy atom. The quantitative estimate of drug-likeness (QED) is 0.532. The monoisotopic (exact) mass is 403 g/mol. The molecule has 3 aromatic rings.